The van der Waals surface area contributed by atoms with E-state index in [9.17, 15) is 9.59 Å². The van der Waals surface area contributed by atoms with Crippen LogP contribution >= 0.6 is 0 Å². The average molecular weight is 526 g/mol. The quantitative estimate of drug-likeness (QED) is 0.436. The monoisotopic (exact) mass is 525 g/mol. The molecule has 1 N–H and O–H groups in total. The molecular formula is C29H28FN7O2. The molecule has 3 aromatic heterocycles. The molecule has 2 unspecified atom stereocenters. The number of urea groups is 1. The van der Waals surface area contributed by atoms with Crippen molar-refractivity contribution in [3.8, 4) is 0 Å². The Morgan fingerprint density at radius 3 is 2.87 bits per heavy atom. The standard InChI is InChI=1S/C29H28FN7O2/c1-33-14-20-10-19(33)15-37(20)29(39)35-7-6-34-16-22(21-9-18(30)8-17(13-35)28(21)34)27-26(24(38)12-32-27)23-11-31-25-4-2-3-5-36(23)25/h2-5,8-9,11,16,19-20,32H,6-7,10,12-15H2,1H3. The largest absolute Gasteiger partial charge is 0.376 e. The second kappa shape index (κ2) is 8.16. The Labute approximate surface area is 224 Å². The van der Waals surface area contributed by atoms with Crippen LogP contribution in [0.4, 0.5) is 9.18 Å². The van der Waals surface area contributed by atoms with E-state index >= 15 is 4.39 Å². The van der Waals surface area contributed by atoms with Crippen LogP contribution < -0.4 is 5.32 Å². The van der Waals surface area contributed by atoms with Crippen molar-refractivity contribution >= 4 is 39.6 Å². The first-order valence-electron chi connectivity index (χ1n) is 13.5. The second-order valence-corrected chi connectivity index (χ2v) is 11.1. The van der Waals surface area contributed by atoms with Gasteiger partial charge in [0.2, 0.25) is 0 Å². The number of Topliss-reactive ketones (excluding diaryl/α,β-unsaturated/α-hetero) is 1. The van der Waals surface area contributed by atoms with Crippen molar-refractivity contribution in [1.82, 2.24) is 34.0 Å². The molecule has 8 rings (SSSR count). The molecule has 1 aromatic carbocycles. The number of carbonyl (C=O) groups excluding carboxylic acids is 2. The summed E-state index contributed by atoms with van der Waals surface area (Å²) in [5.74, 6) is -0.378. The molecule has 2 atom stereocenters. The van der Waals surface area contributed by atoms with Gasteiger partial charge in [-0.05, 0) is 43.3 Å². The lowest BCUT2D eigenvalue weighted by molar-refractivity contribution is -0.112. The van der Waals surface area contributed by atoms with E-state index in [2.05, 4.69) is 26.8 Å². The van der Waals surface area contributed by atoms with E-state index in [0.717, 1.165) is 47.2 Å². The maximum Gasteiger partial charge on any atom is 0.320 e. The Morgan fingerprint density at radius 2 is 2.05 bits per heavy atom. The predicted octanol–water partition coefficient (Wildman–Crippen LogP) is 2.79. The van der Waals surface area contributed by atoms with Gasteiger partial charge in [-0.25, -0.2) is 14.2 Å². The zero-order chi connectivity index (χ0) is 26.4. The van der Waals surface area contributed by atoms with E-state index in [0.29, 0.717) is 42.6 Å². The molecule has 0 saturated carbocycles. The van der Waals surface area contributed by atoms with Crippen molar-refractivity contribution in [3.05, 3.63) is 71.6 Å². The SMILES string of the molecule is CN1CC2CC1CN2C(=O)N1CCn2cc(C3=C(c4cnc5ccccn45)C(=O)CN3)c3cc(F)cc(c32)C1. The molecule has 4 aliphatic heterocycles. The fourth-order valence-electron chi connectivity index (χ4n) is 7.05. The molecule has 0 spiro atoms. The van der Waals surface area contributed by atoms with Gasteiger partial charge in [0.05, 0.1) is 35.2 Å². The minimum atomic E-state index is -0.353. The number of hydrogen-bond donors (Lipinski definition) is 1. The number of nitrogens with zero attached hydrogens (tertiary/aromatic N) is 6. The van der Waals surface area contributed by atoms with Crippen LogP contribution in [0.15, 0.2) is 48.9 Å². The maximum atomic E-state index is 15.1. The molecule has 39 heavy (non-hydrogen) atoms. The lowest BCUT2D eigenvalue weighted by Crippen LogP contribution is -2.52. The second-order valence-electron chi connectivity index (χ2n) is 11.1. The normalized spacial score (nSPS) is 23.0. The van der Waals surface area contributed by atoms with Crippen molar-refractivity contribution in [3.63, 3.8) is 0 Å². The number of ketones is 1. The van der Waals surface area contributed by atoms with Gasteiger partial charge in [-0.2, -0.15) is 0 Å². The zero-order valence-corrected chi connectivity index (χ0v) is 21.6. The minimum Gasteiger partial charge on any atom is -0.376 e. The molecule has 4 aromatic rings. The Bertz CT molecular complexity index is 1730. The van der Waals surface area contributed by atoms with Crippen LogP contribution in [0.5, 0.6) is 0 Å². The first kappa shape index (κ1) is 22.8. The Morgan fingerprint density at radius 1 is 1.15 bits per heavy atom. The van der Waals surface area contributed by atoms with Gasteiger partial charge in [-0.1, -0.05) is 6.07 Å². The third kappa shape index (κ3) is 3.30. The van der Waals surface area contributed by atoms with Crippen LogP contribution in [0.1, 0.15) is 23.2 Å². The van der Waals surface area contributed by atoms with Crippen molar-refractivity contribution in [2.45, 2.75) is 31.6 Å². The van der Waals surface area contributed by atoms with Gasteiger partial charge in [-0.3, -0.25) is 14.1 Å². The topological polar surface area (TPSA) is 78.1 Å². The minimum absolute atomic E-state index is 0.0254. The number of imidazole rings is 1. The van der Waals surface area contributed by atoms with Crippen molar-refractivity contribution < 1.29 is 14.0 Å². The fourth-order valence-corrected chi connectivity index (χ4v) is 7.05. The molecule has 198 valence electrons. The Hall–Kier alpha value is -4.18. The van der Waals surface area contributed by atoms with Gasteiger partial charge in [0.15, 0.2) is 5.78 Å². The lowest BCUT2D eigenvalue weighted by atomic mass is 10.0. The third-order valence-corrected chi connectivity index (χ3v) is 8.92. The van der Waals surface area contributed by atoms with E-state index in [-0.39, 0.29) is 30.2 Å². The number of likely N-dealkylation sites (tertiary alicyclic amines) is 2. The number of halogens is 1. The van der Waals surface area contributed by atoms with E-state index in [1.807, 2.05) is 44.8 Å². The van der Waals surface area contributed by atoms with Crippen molar-refractivity contribution in [2.24, 2.45) is 0 Å². The highest BCUT2D eigenvalue weighted by Gasteiger charge is 2.45. The van der Waals surface area contributed by atoms with Crippen molar-refractivity contribution in [2.75, 3.05) is 33.2 Å². The van der Waals surface area contributed by atoms with Crippen LogP contribution in [-0.2, 0) is 17.9 Å². The first-order chi connectivity index (χ1) is 19.0. The number of piperazine rings is 1. The van der Waals surface area contributed by atoms with Crippen LogP contribution in [0.3, 0.4) is 0 Å². The van der Waals surface area contributed by atoms with Crippen LogP contribution in [0.25, 0.3) is 27.8 Å². The highest BCUT2D eigenvalue weighted by molar-refractivity contribution is 6.32. The molecule has 9 nitrogen and oxygen atoms in total. The summed E-state index contributed by atoms with van der Waals surface area (Å²) in [6.07, 6.45) is 6.64. The number of carbonyl (C=O) groups is 2. The molecule has 2 fully saturated rings. The lowest BCUT2D eigenvalue weighted by Gasteiger charge is -2.35. The number of amides is 2. The summed E-state index contributed by atoms with van der Waals surface area (Å²) in [7, 11) is 2.12. The van der Waals surface area contributed by atoms with E-state index in [4.69, 9.17) is 0 Å². The molecule has 0 radical (unpaired) electrons. The number of aromatic nitrogens is 3. The third-order valence-electron chi connectivity index (χ3n) is 8.92. The van der Waals surface area contributed by atoms with Gasteiger partial charge >= 0.3 is 6.03 Å². The highest BCUT2D eigenvalue weighted by Crippen LogP contribution is 2.38. The fraction of sp³-hybridized carbons (Fsp3) is 0.345. The number of hydrogen-bond acceptors (Lipinski definition) is 5. The molecule has 4 aliphatic rings. The summed E-state index contributed by atoms with van der Waals surface area (Å²) in [6, 6.07) is 9.53. The number of fused-ring (bicyclic) bond motifs is 3. The van der Waals surface area contributed by atoms with Crippen LogP contribution in [0.2, 0.25) is 0 Å². The molecule has 10 heteroatoms. The number of pyridine rings is 1. The molecule has 0 aliphatic carbocycles. The highest BCUT2D eigenvalue weighted by atomic mass is 19.1. The summed E-state index contributed by atoms with van der Waals surface area (Å²) in [6.45, 7) is 3.32. The van der Waals surface area contributed by atoms with Gasteiger partial charge in [-0.15, -0.1) is 0 Å². The Balaban J connectivity index is 1.21. The van der Waals surface area contributed by atoms with Gasteiger partial charge < -0.3 is 19.7 Å². The van der Waals surface area contributed by atoms with Crippen LogP contribution in [-0.4, -0.2) is 85.8 Å². The number of benzene rings is 1. The number of nitrogens with one attached hydrogen (secondary N) is 1. The van der Waals surface area contributed by atoms with Crippen molar-refractivity contribution in [1.29, 1.82) is 0 Å². The van der Waals surface area contributed by atoms with E-state index in [1.54, 1.807) is 18.3 Å². The summed E-state index contributed by atoms with van der Waals surface area (Å²) >= 11 is 0. The van der Waals surface area contributed by atoms with E-state index < -0.39 is 0 Å². The number of rotatable bonds is 2. The summed E-state index contributed by atoms with van der Waals surface area (Å²) in [5, 5.41) is 4.03. The smallest absolute Gasteiger partial charge is 0.320 e. The molecule has 7 heterocycles. The molecule has 2 saturated heterocycles. The Kier molecular flexibility index (Phi) is 4.76. The van der Waals surface area contributed by atoms with Gasteiger partial charge in [0.1, 0.15) is 11.5 Å². The maximum absolute atomic E-state index is 15.1. The van der Waals surface area contributed by atoms with Crippen LogP contribution in [0, 0.1) is 5.82 Å². The molecular weight excluding hydrogens is 497 g/mol. The molecule has 2 bridgehead atoms. The zero-order valence-electron chi connectivity index (χ0n) is 21.6. The molecule has 2 amide bonds. The summed E-state index contributed by atoms with van der Waals surface area (Å²) in [5.41, 5.74) is 5.20. The van der Waals surface area contributed by atoms with Gasteiger partial charge in [0.25, 0.3) is 0 Å². The first-order valence-corrected chi connectivity index (χ1v) is 13.5. The number of likely N-dealkylation sites (N-methyl/N-ethyl adjacent to an activating group) is 1. The predicted molar refractivity (Wildman–Crippen MR) is 144 cm³/mol. The average Bonchev–Trinajstić information content (AvgIpc) is 3.72. The van der Waals surface area contributed by atoms with Gasteiger partial charge in [0, 0.05) is 68.2 Å². The summed E-state index contributed by atoms with van der Waals surface area (Å²) in [4.78, 5) is 37.4. The van der Waals surface area contributed by atoms with E-state index in [1.165, 1.54) is 0 Å². The summed E-state index contributed by atoms with van der Waals surface area (Å²) < 4.78 is 19.1.